The third-order valence-corrected chi connectivity index (χ3v) is 6.95. The van der Waals surface area contributed by atoms with E-state index in [1.807, 2.05) is 6.92 Å². The Morgan fingerprint density at radius 1 is 1.22 bits per heavy atom. The zero-order chi connectivity index (χ0) is 19.2. The molecule has 1 aromatic carbocycles. The molecule has 4 saturated carbocycles. The second kappa shape index (κ2) is 6.77. The van der Waals surface area contributed by atoms with Gasteiger partial charge in [-0.15, -0.1) is 11.6 Å². The summed E-state index contributed by atoms with van der Waals surface area (Å²) in [6, 6.07) is 5.67. The number of carbonyl (C=O) groups is 2. The Morgan fingerprint density at radius 3 is 2.44 bits per heavy atom. The second-order valence-electron chi connectivity index (χ2n) is 8.81. The first kappa shape index (κ1) is 18.7. The summed E-state index contributed by atoms with van der Waals surface area (Å²) >= 11 is 6.76. The number of benzene rings is 1. The van der Waals surface area contributed by atoms with Crippen molar-refractivity contribution in [3.05, 3.63) is 35.6 Å². The average molecular weight is 394 g/mol. The summed E-state index contributed by atoms with van der Waals surface area (Å²) in [5, 5.41) is 2.79. The highest BCUT2D eigenvalue weighted by Gasteiger charge is 2.60. The smallest absolute Gasteiger partial charge is 0.312 e. The SMILES string of the molecule is C[C@@H](NC(=O)COC(=O)C12C[C@@H]3C[C@@H](CC(Cl)(C3)C1)C2)c1ccc(F)cc1. The Balaban J connectivity index is 1.33. The van der Waals surface area contributed by atoms with Crippen molar-refractivity contribution in [1.82, 2.24) is 5.32 Å². The van der Waals surface area contributed by atoms with E-state index >= 15 is 0 Å². The van der Waals surface area contributed by atoms with Crippen LogP contribution in [0.1, 0.15) is 57.1 Å². The number of ether oxygens (including phenoxy) is 1. The first-order valence-corrected chi connectivity index (χ1v) is 10.1. The number of alkyl halides is 1. The Morgan fingerprint density at radius 2 is 1.85 bits per heavy atom. The van der Waals surface area contributed by atoms with Crippen molar-refractivity contribution < 1.29 is 18.7 Å². The van der Waals surface area contributed by atoms with E-state index in [4.69, 9.17) is 16.3 Å². The van der Waals surface area contributed by atoms with Gasteiger partial charge in [-0.1, -0.05) is 12.1 Å². The van der Waals surface area contributed by atoms with Crippen molar-refractivity contribution >= 4 is 23.5 Å². The first-order valence-electron chi connectivity index (χ1n) is 9.68. The van der Waals surface area contributed by atoms with Crippen LogP contribution in [0.15, 0.2) is 24.3 Å². The van der Waals surface area contributed by atoms with Crippen molar-refractivity contribution in [1.29, 1.82) is 0 Å². The van der Waals surface area contributed by atoms with Crippen LogP contribution < -0.4 is 5.32 Å². The fourth-order valence-corrected chi connectivity index (χ4v) is 6.48. The van der Waals surface area contributed by atoms with Crippen LogP contribution in [-0.2, 0) is 14.3 Å². The van der Waals surface area contributed by atoms with Crippen LogP contribution in [0.4, 0.5) is 4.39 Å². The summed E-state index contributed by atoms with van der Waals surface area (Å²) in [7, 11) is 0. The Bertz CT molecular complexity index is 736. The Labute approximate surface area is 163 Å². The molecule has 4 bridgehead atoms. The molecule has 5 atom stereocenters. The van der Waals surface area contributed by atoms with E-state index in [9.17, 15) is 14.0 Å². The van der Waals surface area contributed by atoms with Gasteiger partial charge in [0.15, 0.2) is 6.61 Å². The van der Waals surface area contributed by atoms with Gasteiger partial charge in [-0.2, -0.15) is 0 Å². The van der Waals surface area contributed by atoms with Crippen molar-refractivity contribution in [2.75, 3.05) is 6.61 Å². The lowest BCUT2D eigenvalue weighted by molar-refractivity contribution is -0.171. The molecule has 6 heteroatoms. The van der Waals surface area contributed by atoms with E-state index in [1.54, 1.807) is 12.1 Å². The Kier molecular flexibility index (Phi) is 4.69. The minimum Gasteiger partial charge on any atom is -0.455 e. The molecular formula is C21H25ClFNO3. The quantitative estimate of drug-likeness (QED) is 0.604. The Hall–Kier alpha value is -1.62. The van der Waals surface area contributed by atoms with Gasteiger partial charge in [0, 0.05) is 4.87 Å². The number of carbonyl (C=O) groups excluding carboxylic acids is 2. The lowest BCUT2D eigenvalue weighted by Gasteiger charge is -2.58. The van der Waals surface area contributed by atoms with E-state index in [0.29, 0.717) is 18.3 Å². The van der Waals surface area contributed by atoms with Gasteiger partial charge < -0.3 is 10.1 Å². The van der Waals surface area contributed by atoms with Crippen LogP contribution in [0.5, 0.6) is 0 Å². The molecule has 5 rings (SSSR count). The maximum atomic E-state index is 13.0. The van der Waals surface area contributed by atoms with Crippen LogP contribution in [0.2, 0.25) is 0 Å². The number of hydrogen-bond acceptors (Lipinski definition) is 3. The van der Waals surface area contributed by atoms with Crippen LogP contribution >= 0.6 is 11.6 Å². The summed E-state index contributed by atoms with van der Waals surface area (Å²) in [6.45, 7) is 1.51. The van der Waals surface area contributed by atoms with Gasteiger partial charge in [0.1, 0.15) is 5.82 Å². The van der Waals surface area contributed by atoms with Crippen LogP contribution in [0, 0.1) is 23.1 Å². The fraction of sp³-hybridized carbons (Fsp3) is 0.619. The van der Waals surface area contributed by atoms with Gasteiger partial charge in [0.05, 0.1) is 11.5 Å². The molecule has 146 valence electrons. The lowest BCUT2D eigenvalue weighted by Crippen LogP contribution is -2.56. The minimum atomic E-state index is -0.505. The van der Waals surface area contributed by atoms with Gasteiger partial charge in [-0.25, -0.2) is 4.39 Å². The molecule has 1 amide bonds. The summed E-state index contributed by atoms with van der Waals surface area (Å²) in [5.41, 5.74) is 0.288. The molecule has 0 spiro atoms. The summed E-state index contributed by atoms with van der Waals surface area (Å²) in [5.74, 6) is 0.0581. The van der Waals surface area contributed by atoms with E-state index in [-0.39, 0.29) is 35.2 Å². The normalized spacial score (nSPS) is 34.9. The molecule has 27 heavy (non-hydrogen) atoms. The minimum absolute atomic E-state index is 0.261. The van der Waals surface area contributed by atoms with Crippen molar-refractivity contribution in [2.24, 2.45) is 17.3 Å². The fourth-order valence-electron chi connectivity index (χ4n) is 5.79. The van der Waals surface area contributed by atoms with Gasteiger partial charge >= 0.3 is 5.97 Å². The predicted octanol–water partition coefficient (Wildman–Crippen LogP) is 4.12. The monoisotopic (exact) mass is 393 g/mol. The second-order valence-corrected chi connectivity index (χ2v) is 9.61. The third-order valence-electron chi connectivity index (χ3n) is 6.50. The highest BCUT2D eigenvalue weighted by atomic mass is 35.5. The number of amides is 1. The molecule has 0 saturated heterocycles. The number of rotatable bonds is 5. The maximum Gasteiger partial charge on any atom is 0.312 e. The van der Waals surface area contributed by atoms with Crippen molar-refractivity contribution in [2.45, 2.75) is 56.4 Å². The molecule has 0 aliphatic heterocycles. The summed E-state index contributed by atoms with van der Waals surface area (Å²) in [4.78, 5) is 24.8. The van der Waals surface area contributed by atoms with Gasteiger partial charge in [0.2, 0.25) is 0 Å². The predicted molar refractivity (Wildman–Crippen MR) is 99.6 cm³/mol. The van der Waals surface area contributed by atoms with Crippen LogP contribution in [0.25, 0.3) is 0 Å². The van der Waals surface area contributed by atoms with Crippen molar-refractivity contribution in [3.63, 3.8) is 0 Å². The summed E-state index contributed by atoms with van der Waals surface area (Å²) in [6.07, 6.45) is 5.50. The van der Waals surface area contributed by atoms with E-state index in [2.05, 4.69) is 5.32 Å². The standard InChI is InChI=1S/C21H25ClFNO3/c1-13(16-2-4-17(23)5-3-16)24-18(25)11-27-19(26)20-7-14-6-15(8-20)10-21(22,9-14)12-20/h2-5,13-15H,6-12H2,1H3,(H,24,25)/t13-,14-,15+,20?,21?/m1/s1. The van der Waals surface area contributed by atoms with Crippen molar-refractivity contribution in [3.8, 4) is 0 Å². The molecule has 4 aliphatic carbocycles. The van der Waals surface area contributed by atoms with Crippen LogP contribution in [-0.4, -0.2) is 23.4 Å². The number of halogens is 2. The number of hydrogen-bond donors (Lipinski definition) is 1. The largest absolute Gasteiger partial charge is 0.455 e. The number of esters is 1. The molecule has 4 fully saturated rings. The molecule has 0 heterocycles. The zero-order valence-corrected chi connectivity index (χ0v) is 16.2. The molecule has 0 aromatic heterocycles. The van der Waals surface area contributed by atoms with Crippen LogP contribution in [0.3, 0.4) is 0 Å². The molecule has 0 radical (unpaired) electrons. The van der Waals surface area contributed by atoms with E-state index < -0.39 is 5.41 Å². The number of nitrogens with one attached hydrogen (secondary N) is 1. The molecule has 1 N–H and O–H groups in total. The zero-order valence-electron chi connectivity index (χ0n) is 15.5. The molecule has 1 aromatic rings. The highest BCUT2D eigenvalue weighted by molar-refractivity contribution is 6.24. The van der Waals surface area contributed by atoms with Gasteiger partial charge in [0.25, 0.3) is 5.91 Å². The summed E-state index contributed by atoms with van der Waals surface area (Å²) < 4.78 is 18.4. The van der Waals surface area contributed by atoms with Gasteiger partial charge in [-0.05, 0) is 75.0 Å². The van der Waals surface area contributed by atoms with E-state index in [0.717, 1.165) is 31.2 Å². The molecular weight excluding hydrogens is 369 g/mol. The molecule has 4 nitrogen and oxygen atoms in total. The third kappa shape index (κ3) is 3.71. The van der Waals surface area contributed by atoms with Gasteiger partial charge in [-0.3, -0.25) is 9.59 Å². The highest BCUT2D eigenvalue weighted by Crippen LogP contribution is 2.64. The van der Waals surface area contributed by atoms with E-state index in [1.165, 1.54) is 18.6 Å². The maximum absolute atomic E-state index is 13.0. The molecule has 2 unspecified atom stereocenters. The topological polar surface area (TPSA) is 55.4 Å². The lowest BCUT2D eigenvalue weighted by atomic mass is 9.49. The molecule has 4 aliphatic rings. The average Bonchev–Trinajstić information content (AvgIpc) is 2.58. The first-order chi connectivity index (χ1) is 12.8.